The Bertz CT molecular complexity index is 502. The molecule has 1 amide bonds. The first-order valence-electron chi connectivity index (χ1n) is 7.94. The van der Waals surface area contributed by atoms with Gasteiger partial charge in [-0.25, -0.2) is 0 Å². The summed E-state index contributed by atoms with van der Waals surface area (Å²) in [4.78, 5) is 14.7. The smallest absolute Gasteiger partial charge is 0.234 e. The van der Waals surface area contributed by atoms with E-state index in [0.717, 1.165) is 30.9 Å². The predicted octanol–water partition coefficient (Wildman–Crippen LogP) is 1.61. The van der Waals surface area contributed by atoms with Gasteiger partial charge in [-0.05, 0) is 51.3 Å². The number of carbonyl (C=O) groups is 1. The average Bonchev–Trinajstić information content (AvgIpc) is 2.99. The lowest BCUT2D eigenvalue weighted by molar-refractivity contribution is -0.127. The van der Waals surface area contributed by atoms with E-state index in [1.165, 1.54) is 0 Å². The van der Waals surface area contributed by atoms with Gasteiger partial charge in [-0.15, -0.1) is 12.4 Å². The molecule has 1 unspecified atom stereocenters. The second-order valence-corrected chi connectivity index (χ2v) is 6.27. The fourth-order valence-corrected chi connectivity index (χ4v) is 2.65. The number of hydrogen-bond acceptors (Lipinski definition) is 5. The van der Waals surface area contributed by atoms with Gasteiger partial charge in [0.15, 0.2) is 0 Å². The van der Waals surface area contributed by atoms with Crippen molar-refractivity contribution in [2.75, 3.05) is 59.4 Å². The van der Waals surface area contributed by atoms with Crippen LogP contribution >= 0.6 is 12.4 Å². The minimum Gasteiger partial charge on any atom is -0.492 e. The van der Waals surface area contributed by atoms with E-state index in [4.69, 9.17) is 9.47 Å². The Morgan fingerprint density at radius 2 is 2.04 bits per heavy atom. The van der Waals surface area contributed by atoms with Crippen molar-refractivity contribution in [3.05, 3.63) is 24.3 Å². The van der Waals surface area contributed by atoms with Crippen molar-refractivity contribution < 1.29 is 14.3 Å². The van der Waals surface area contributed by atoms with Crippen molar-refractivity contribution in [2.24, 2.45) is 5.41 Å². The third-order valence-corrected chi connectivity index (χ3v) is 4.07. The maximum atomic E-state index is 12.6. The minimum atomic E-state index is -0.477. The molecule has 2 N–H and O–H groups in total. The van der Waals surface area contributed by atoms with E-state index in [9.17, 15) is 4.79 Å². The number of anilines is 1. The normalized spacial score (nSPS) is 19.8. The number of nitrogens with one attached hydrogen (secondary N) is 2. The van der Waals surface area contributed by atoms with Crippen LogP contribution in [0.3, 0.4) is 0 Å². The molecule has 1 saturated heterocycles. The van der Waals surface area contributed by atoms with Crippen LogP contribution in [0.2, 0.25) is 0 Å². The lowest BCUT2D eigenvalue weighted by Crippen LogP contribution is -2.41. The molecule has 1 fully saturated rings. The quantitative estimate of drug-likeness (QED) is 0.740. The summed E-state index contributed by atoms with van der Waals surface area (Å²) in [6.07, 6.45) is 0.790. The second kappa shape index (κ2) is 9.84. The van der Waals surface area contributed by atoms with Gasteiger partial charge < -0.3 is 25.0 Å². The van der Waals surface area contributed by atoms with Crippen LogP contribution in [0, 0.1) is 5.41 Å². The topological polar surface area (TPSA) is 62.8 Å². The number of benzene rings is 1. The Kier molecular flexibility index (Phi) is 8.48. The van der Waals surface area contributed by atoms with Gasteiger partial charge >= 0.3 is 0 Å². The number of nitrogens with zero attached hydrogens (tertiary/aromatic N) is 1. The Morgan fingerprint density at radius 3 is 2.58 bits per heavy atom. The van der Waals surface area contributed by atoms with Crippen LogP contribution in [-0.2, 0) is 9.53 Å². The summed E-state index contributed by atoms with van der Waals surface area (Å²) in [5, 5.41) is 6.23. The van der Waals surface area contributed by atoms with Crippen LogP contribution < -0.4 is 15.4 Å². The maximum Gasteiger partial charge on any atom is 0.234 e. The first kappa shape index (κ1) is 20.7. The Hall–Kier alpha value is -1.34. The molecule has 1 heterocycles. The lowest BCUT2D eigenvalue weighted by atomic mass is 9.87. The zero-order valence-corrected chi connectivity index (χ0v) is 15.4. The molecule has 0 aliphatic carbocycles. The second-order valence-electron chi connectivity index (χ2n) is 6.27. The highest BCUT2D eigenvalue weighted by atomic mass is 35.5. The molecule has 0 aromatic heterocycles. The standard InChI is InChI=1S/C17H27N3O3.ClH/c1-20(2)10-11-23-15-6-4-14(5-7-15)19-16(21)17(13-22-3)8-9-18-12-17;/h4-7,18H,8-13H2,1-3H3,(H,19,21);1H. The third kappa shape index (κ3) is 5.63. The minimum absolute atomic E-state index is 0. The number of rotatable bonds is 8. The van der Waals surface area contributed by atoms with E-state index >= 15 is 0 Å². The zero-order chi connectivity index (χ0) is 16.7. The predicted molar refractivity (Wildman–Crippen MR) is 98.2 cm³/mol. The van der Waals surface area contributed by atoms with Crippen LogP contribution in [0.4, 0.5) is 5.69 Å². The summed E-state index contributed by atoms with van der Waals surface area (Å²) in [5.74, 6) is 0.810. The first-order chi connectivity index (χ1) is 11.1. The van der Waals surface area contributed by atoms with Crippen molar-refractivity contribution in [2.45, 2.75) is 6.42 Å². The monoisotopic (exact) mass is 357 g/mol. The number of carbonyl (C=O) groups excluding carboxylic acids is 1. The molecule has 1 aliphatic rings. The van der Waals surface area contributed by atoms with Crippen molar-refractivity contribution in [3.63, 3.8) is 0 Å². The highest BCUT2D eigenvalue weighted by Gasteiger charge is 2.41. The summed E-state index contributed by atoms with van der Waals surface area (Å²) in [6, 6.07) is 7.49. The third-order valence-electron chi connectivity index (χ3n) is 4.07. The summed E-state index contributed by atoms with van der Waals surface area (Å²) < 4.78 is 10.9. The molecule has 0 saturated carbocycles. The lowest BCUT2D eigenvalue weighted by Gasteiger charge is -2.26. The van der Waals surface area contributed by atoms with Crippen LogP contribution in [0.5, 0.6) is 5.75 Å². The van der Waals surface area contributed by atoms with Gasteiger partial charge in [-0.2, -0.15) is 0 Å². The van der Waals surface area contributed by atoms with Crippen LogP contribution in [0.1, 0.15) is 6.42 Å². The number of methoxy groups -OCH3 is 1. The number of amides is 1. The van der Waals surface area contributed by atoms with Gasteiger partial charge in [0.2, 0.25) is 5.91 Å². The van der Waals surface area contributed by atoms with E-state index in [0.29, 0.717) is 19.8 Å². The SMILES string of the molecule is COCC1(C(=O)Nc2ccc(OCCN(C)C)cc2)CCNC1.Cl. The van der Waals surface area contributed by atoms with Crippen molar-refractivity contribution in [3.8, 4) is 5.75 Å². The van der Waals surface area contributed by atoms with Gasteiger partial charge in [0.25, 0.3) is 0 Å². The molecule has 1 aliphatic heterocycles. The van der Waals surface area contributed by atoms with Crippen LogP contribution in [0.25, 0.3) is 0 Å². The highest BCUT2D eigenvalue weighted by Crippen LogP contribution is 2.28. The molecule has 6 nitrogen and oxygen atoms in total. The molecular formula is C17H28ClN3O3. The number of hydrogen-bond donors (Lipinski definition) is 2. The number of likely N-dealkylation sites (N-methyl/N-ethyl adjacent to an activating group) is 1. The number of halogens is 1. The zero-order valence-electron chi connectivity index (χ0n) is 14.6. The van der Waals surface area contributed by atoms with E-state index in [1.54, 1.807) is 7.11 Å². The molecular weight excluding hydrogens is 330 g/mol. The van der Waals surface area contributed by atoms with Gasteiger partial charge in [-0.3, -0.25) is 4.79 Å². The van der Waals surface area contributed by atoms with Crippen molar-refractivity contribution in [1.29, 1.82) is 0 Å². The molecule has 1 aromatic rings. The molecule has 1 aromatic carbocycles. The van der Waals surface area contributed by atoms with E-state index < -0.39 is 5.41 Å². The van der Waals surface area contributed by atoms with Gasteiger partial charge in [0.05, 0.1) is 12.0 Å². The van der Waals surface area contributed by atoms with Gasteiger partial charge in [0.1, 0.15) is 12.4 Å². The summed E-state index contributed by atoms with van der Waals surface area (Å²) >= 11 is 0. The largest absolute Gasteiger partial charge is 0.492 e. The van der Waals surface area contributed by atoms with Gasteiger partial charge in [-0.1, -0.05) is 0 Å². The summed E-state index contributed by atoms with van der Waals surface area (Å²) in [7, 11) is 5.65. The fourth-order valence-electron chi connectivity index (χ4n) is 2.65. The van der Waals surface area contributed by atoms with Crippen molar-refractivity contribution in [1.82, 2.24) is 10.2 Å². The summed E-state index contributed by atoms with van der Waals surface area (Å²) in [5.41, 5.74) is 0.299. The number of ether oxygens (including phenoxy) is 2. The Balaban J connectivity index is 0.00000288. The fraction of sp³-hybridized carbons (Fsp3) is 0.588. The van der Waals surface area contributed by atoms with E-state index in [-0.39, 0.29) is 18.3 Å². The van der Waals surface area contributed by atoms with Crippen molar-refractivity contribution >= 4 is 24.0 Å². The Labute approximate surface area is 150 Å². The van der Waals surface area contributed by atoms with Crippen LogP contribution in [0.15, 0.2) is 24.3 Å². The molecule has 7 heteroatoms. The Morgan fingerprint density at radius 1 is 1.33 bits per heavy atom. The highest BCUT2D eigenvalue weighted by molar-refractivity contribution is 5.96. The molecule has 0 radical (unpaired) electrons. The van der Waals surface area contributed by atoms with Gasteiger partial charge in [0, 0.05) is 25.9 Å². The first-order valence-corrected chi connectivity index (χ1v) is 7.94. The van der Waals surface area contributed by atoms with E-state index in [2.05, 4.69) is 15.5 Å². The molecule has 24 heavy (non-hydrogen) atoms. The molecule has 1 atom stereocenters. The molecule has 136 valence electrons. The maximum absolute atomic E-state index is 12.6. The average molecular weight is 358 g/mol. The summed E-state index contributed by atoms with van der Waals surface area (Å²) in [6.45, 7) is 3.43. The van der Waals surface area contributed by atoms with E-state index in [1.807, 2.05) is 38.4 Å². The molecule has 0 spiro atoms. The molecule has 2 rings (SSSR count). The molecule has 0 bridgehead atoms. The van der Waals surface area contributed by atoms with Crippen LogP contribution in [-0.4, -0.2) is 64.9 Å².